The number of aromatic nitrogens is 4. The molecule has 0 unspecified atom stereocenters. The fourth-order valence-corrected chi connectivity index (χ4v) is 2.50. The smallest absolute Gasteiger partial charge is 0.340 e. The van der Waals surface area contributed by atoms with Crippen LogP contribution in [-0.2, 0) is 18.4 Å². The van der Waals surface area contributed by atoms with Crippen LogP contribution in [0.1, 0.15) is 16.1 Å². The van der Waals surface area contributed by atoms with Gasteiger partial charge in [0.1, 0.15) is 5.69 Å². The molecule has 0 saturated carbocycles. The molecule has 0 saturated heterocycles. The van der Waals surface area contributed by atoms with Crippen LogP contribution in [0.4, 0.5) is 0 Å². The van der Waals surface area contributed by atoms with Crippen LogP contribution in [0.2, 0.25) is 0 Å². The lowest BCUT2D eigenvalue weighted by molar-refractivity contribution is 0.0437. The maximum atomic E-state index is 12.2. The summed E-state index contributed by atoms with van der Waals surface area (Å²) >= 11 is 0. The Labute approximate surface area is 142 Å². The molecule has 0 bridgehead atoms. The van der Waals surface area contributed by atoms with E-state index in [0.29, 0.717) is 22.7 Å². The Bertz CT molecular complexity index is 1040. The third kappa shape index (κ3) is 2.99. The van der Waals surface area contributed by atoms with Gasteiger partial charge in [0.15, 0.2) is 18.0 Å². The third-order valence-electron chi connectivity index (χ3n) is 3.78. The van der Waals surface area contributed by atoms with Crippen LogP contribution in [0.5, 0.6) is 0 Å². The highest BCUT2D eigenvalue weighted by atomic mass is 16.5. The van der Waals surface area contributed by atoms with E-state index in [1.165, 1.54) is 6.20 Å². The number of hydrogen-bond donors (Lipinski definition) is 0. The second kappa shape index (κ2) is 6.20. The lowest BCUT2D eigenvalue weighted by Gasteiger charge is -2.02. The van der Waals surface area contributed by atoms with Gasteiger partial charge in [-0.3, -0.25) is 4.68 Å². The Kier molecular flexibility index (Phi) is 3.74. The molecule has 0 aliphatic rings. The molecule has 0 aliphatic carbocycles. The predicted molar refractivity (Wildman–Crippen MR) is 89.6 cm³/mol. The molecular formula is C18H14N4O3. The lowest BCUT2D eigenvalue weighted by atomic mass is 10.1. The molecule has 0 atom stereocenters. The maximum absolute atomic E-state index is 12.2. The average molecular weight is 334 g/mol. The number of pyridine rings is 1. The predicted octanol–water partition coefficient (Wildman–Crippen LogP) is 2.98. The number of nitrogens with zero attached hydrogens (tertiary/aromatic N) is 4. The molecule has 7 heteroatoms. The first-order valence-electron chi connectivity index (χ1n) is 7.66. The van der Waals surface area contributed by atoms with E-state index in [2.05, 4.69) is 15.2 Å². The van der Waals surface area contributed by atoms with Crippen molar-refractivity contribution in [2.75, 3.05) is 0 Å². The van der Waals surface area contributed by atoms with Crippen molar-refractivity contribution in [2.24, 2.45) is 7.05 Å². The zero-order valence-electron chi connectivity index (χ0n) is 13.4. The van der Waals surface area contributed by atoms with Gasteiger partial charge in [0, 0.05) is 30.3 Å². The molecule has 4 aromatic rings. The minimum atomic E-state index is -0.476. The molecule has 1 aromatic carbocycles. The van der Waals surface area contributed by atoms with Gasteiger partial charge in [0.25, 0.3) is 0 Å². The molecule has 7 nitrogen and oxygen atoms in total. The first-order chi connectivity index (χ1) is 12.2. The first kappa shape index (κ1) is 15.1. The SMILES string of the molecule is Cn1ncc2cc(C(=O)OCc3cc(-c4ccccc4)no3)cnc21. The van der Waals surface area contributed by atoms with Crippen molar-refractivity contribution >= 4 is 17.0 Å². The number of carbonyl (C=O) groups excluding carboxylic acids is 1. The van der Waals surface area contributed by atoms with Crippen molar-refractivity contribution < 1.29 is 14.1 Å². The number of fused-ring (bicyclic) bond motifs is 1. The zero-order valence-corrected chi connectivity index (χ0v) is 13.4. The van der Waals surface area contributed by atoms with Crippen LogP contribution < -0.4 is 0 Å². The fourth-order valence-electron chi connectivity index (χ4n) is 2.50. The van der Waals surface area contributed by atoms with Crippen molar-refractivity contribution in [3.63, 3.8) is 0 Å². The van der Waals surface area contributed by atoms with E-state index >= 15 is 0 Å². The quantitative estimate of drug-likeness (QED) is 0.534. The molecule has 25 heavy (non-hydrogen) atoms. The summed E-state index contributed by atoms with van der Waals surface area (Å²) in [6, 6.07) is 13.1. The van der Waals surface area contributed by atoms with Crippen LogP contribution in [0.25, 0.3) is 22.3 Å². The molecule has 124 valence electrons. The fraction of sp³-hybridized carbons (Fsp3) is 0.111. The van der Waals surface area contributed by atoms with Crippen LogP contribution in [0, 0.1) is 0 Å². The Hall–Kier alpha value is -3.48. The summed E-state index contributed by atoms with van der Waals surface area (Å²) in [7, 11) is 1.79. The average Bonchev–Trinajstić information content (AvgIpc) is 3.27. The third-order valence-corrected chi connectivity index (χ3v) is 3.78. The summed E-state index contributed by atoms with van der Waals surface area (Å²) in [5.74, 6) is -0.00136. The van der Waals surface area contributed by atoms with Crippen molar-refractivity contribution in [2.45, 2.75) is 6.61 Å². The molecule has 0 amide bonds. The van der Waals surface area contributed by atoms with Gasteiger partial charge < -0.3 is 9.26 Å². The van der Waals surface area contributed by atoms with Crippen LogP contribution in [0.3, 0.4) is 0 Å². The van der Waals surface area contributed by atoms with Crippen molar-refractivity contribution in [1.29, 1.82) is 0 Å². The van der Waals surface area contributed by atoms with Crippen LogP contribution >= 0.6 is 0 Å². The van der Waals surface area contributed by atoms with Gasteiger partial charge in [-0.15, -0.1) is 0 Å². The summed E-state index contributed by atoms with van der Waals surface area (Å²) in [4.78, 5) is 16.4. The van der Waals surface area contributed by atoms with E-state index in [4.69, 9.17) is 9.26 Å². The number of aryl methyl sites for hydroxylation is 1. The normalized spacial score (nSPS) is 10.9. The second-order valence-electron chi connectivity index (χ2n) is 5.53. The Morgan fingerprint density at radius 3 is 2.88 bits per heavy atom. The van der Waals surface area contributed by atoms with E-state index in [-0.39, 0.29) is 6.61 Å². The Balaban J connectivity index is 1.45. The highest BCUT2D eigenvalue weighted by Gasteiger charge is 2.13. The van der Waals surface area contributed by atoms with Gasteiger partial charge in [-0.1, -0.05) is 35.5 Å². The van der Waals surface area contributed by atoms with E-state index in [1.54, 1.807) is 30.1 Å². The number of carbonyl (C=O) groups is 1. The summed E-state index contributed by atoms with van der Waals surface area (Å²) in [5.41, 5.74) is 2.71. The molecule has 3 aromatic heterocycles. The number of rotatable bonds is 4. The highest BCUT2D eigenvalue weighted by Crippen LogP contribution is 2.19. The van der Waals surface area contributed by atoms with Gasteiger partial charge >= 0.3 is 5.97 Å². The van der Waals surface area contributed by atoms with E-state index in [9.17, 15) is 4.79 Å². The second-order valence-corrected chi connectivity index (χ2v) is 5.53. The van der Waals surface area contributed by atoms with Crippen molar-refractivity contribution in [3.8, 4) is 11.3 Å². The van der Waals surface area contributed by atoms with E-state index < -0.39 is 5.97 Å². The summed E-state index contributed by atoms with van der Waals surface area (Å²) in [5, 5.41) is 8.87. The van der Waals surface area contributed by atoms with Crippen LogP contribution in [0.15, 0.2) is 59.4 Å². The number of hydrogen-bond acceptors (Lipinski definition) is 6. The zero-order chi connectivity index (χ0) is 17.2. The van der Waals surface area contributed by atoms with Crippen molar-refractivity contribution in [3.05, 3.63) is 66.2 Å². The molecule has 0 radical (unpaired) electrons. The minimum Gasteiger partial charge on any atom is -0.454 e. The van der Waals surface area contributed by atoms with E-state index in [1.807, 2.05) is 30.3 Å². The standard InChI is InChI=1S/C18H14N4O3/c1-22-17-13(10-20-22)7-14(9-19-17)18(23)24-11-15-8-16(21-25-15)12-5-3-2-4-6-12/h2-10H,11H2,1H3. The van der Waals surface area contributed by atoms with Crippen LogP contribution in [-0.4, -0.2) is 25.9 Å². The number of benzene rings is 1. The summed E-state index contributed by atoms with van der Waals surface area (Å²) in [6.07, 6.45) is 3.13. The van der Waals surface area contributed by atoms with E-state index in [0.717, 1.165) is 10.9 Å². The molecule has 0 N–H and O–H groups in total. The monoisotopic (exact) mass is 334 g/mol. The van der Waals surface area contributed by atoms with Gasteiger partial charge in [0.2, 0.25) is 0 Å². The van der Waals surface area contributed by atoms with Gasteiger partial charge in [-0.05, 0) is 6.07 Å². The van der Waals surface area contributed by atoms with Gasteiger partial charge in [-0.2, -0.15) is 5.10 Å². The summed E-state index contributed by atoms with van der Waals surface area (Å²) in [6.45, 7) is 0.00371. The minimum absolute atomic E-state index is 0.00371. The van der Waals surface area contributed by atoms with Gasteiger partial charge in [-0.25, -0.2) is 9.78 Å². The molecule has 0 aliphatic heterocycles. The molecule has 0 fully saturated rings. The number of esters is 1. The highest BCUT2D eigenvalue weighted by molar-refractivity contribution is 5.92. The Morgan fingerprint density at radius 1 is 1.20 bits per heavy atom. The first-order valence-corrected chi connectivity index (χ1v) is 7.66. The topological polar surface area (TPSA) is 83.0 Å². The van der Waals surface area contributed by atoms with Gasteiger partial charge in [0.05, 0.1) is 11.8 Å². The molecular weight excluding hydrogens is 320 g/mol. The summed E-state index contributed by atoms with van der Waals surface area (Å²) < 4.78 is 12.1. The largest absolute Gasteiger partial charge is 0.454 e. The molecule has 3 heterocycles. The Morgan fingerprint density at radius 2 is 2.04 bits per heavy atom. The van der Waals surface area contributed by atoms with Crippen molar-refractivity contribution in [1.82, 2.24) is 19.9 Å². The lowest BCUT2D eigenvalue weighted by Crippen LogP contribution is -2.05. The molecule has 4 rings (SSSR count). The maximum Gasteiger partial charge on any atom is 0.340 e. The molecule has 0 spiro atoms. The number of ether oxygens (including phenoxy) is 1.